The van der Waals surface area contributed by atoms with Crippen LogP contribution in [0.1, 0.15) is 26.7 Å². The standard InChI is InChI=1S/C10H15NO2/c1-6-4-8-9(5-7(6)2)11(8)10(12)13-3/h8-9H,4-5H2,1-3H3/t8-,9-/m0/s1. The van der Waals surface area contributed by atoms with Gasteiger partial charge in [-0.3, -0.25) is 4.90 Å². The highest BCUT2D eigenvalue weighted by atomic mass is 16.5. The molecule has 1 amide bonds. The average Bonchev–Trinajstić information content (AvgIpc) is 2.77. The molecule has 0 spiro atoms. The summed E-state index contributed by atoms with van der Waals surface area (Å²) in [6.07, 6.45) is 1.90. The monoisotopic (exact) mass is 181 g/mol. The van der Waals surface area contributed by atoms with Crippen molar-refractivity contribution in [3.8, 4) is 0 Å². The number of amides is 1. The topological polar surface area (TPSA) is 29.3 Å². The van der Waals surface area contributed by atoms with Crippen LogP contribution in [0.15, 0.2) is 11.1 Å². The third kappa shape index (κ3) is 1.23. The van der Waals surface area contributed by atoms with E-state index in [2.05, 4.69) is 13.8 Å². The molecule has 0 aromatic heterocycles. The highest BCUT2D eigenvalue weighted by Crippen LogP contribution is 2.42. The summed E-state index contributed by atoms with van der Waals surface area (Å²) in [6, 6.07) is 0.854. The van der Waals surface area contributed by atoms with Gasteiger partial charge in [0.15, 0.2) is 0 Å². The molecule has 1 fully saturated rings. The molecular formula is C10H15NO2. The summed E-state index contributed by atoms with van der Waals surface area (Å²) in [4.78, 5) is 13.1. The molecular weight excluding hydrogens is 166 g/mol. The predicted molar refractivity (Wildman–Crippen MR) is 49.4 cm³/mol. The number of ether oxygens (including phenoxy) is 1. The van der Waals surface area contributed by atoms with Crippen molar-refractivity contribution >= 4 is 6.09 Å². The highest BCUT2D eigenvalue weighted by molar-refractivity contribution is 5.72. The van der Waals surface area contributed by atoms with Crippen molar-refractivity contribution in [2.75, 3.05) is 7.11 Å². The maximum absolute atomic E-state index is 11.2. The van der Waals surface area contributed by atoms with E-state index in [1.54, 1.807) is 0 Å². The van der Waals surface area contributed by atoms with Crippen molar-refractivity contribution < 1.29 is 9.53 Å². The van der Waals surface area contributed by atoms with Gasteiger partial charge in [0, 0.05) is 0 Å². The molecule has 1 aliphatic carbocycles. The van der Waals surface area contributed by atoms with Gasteiger partial charge in [0.25, 0.3) is 0 Å². The van der Waals surface area contributed by atoms with E-state index >= 15 is 0 Å². The van der Waals surface area contributed by atoms with Crippen LogP contribution < -0.4 is 0 Å². The first-order chi connectivity index (χ1) is 6.15. The first kappa shape index (κ1) is 8.60. The van der Waals surface area contributed by atoms with Gasteiger partial charge in [-0.1, -0.05) is 11.1 Å². The molecule has 0 saturated carbocycles. The lowest BCUT2D eigenvalue weighted by Gasteiger charge is -2.09. The van der Waals surface area contributed by atoms with Crippen LogP contribution in [0.3, 0.4) is 0 Å². The number of methoxy groups -OCH3 is 1. The summed E-state index contributed by atoms with van der Waals surface area (Å²) >= 11 is 0. The fourth-order valence-electron chi connectivity index (χ4n) is 2.16. The molecule has 2 aliphatic rings. The third-order valence-electron chi connectivity index (χ3n) is 3.21. The number of nitrogens with zero attached hydrogens (tertiary/aromatic N) is 1. The molecule has 2 rings (SSSR count). The van der Waals surface area contributed by atoms with E-state index in [0.717, 1.165) is 12.8 Å². The fourth-order valence-corrected chi connectivity index (χ4v) is 2.16. The number of rotatable bonds is 0. The summed E-state index contributed by atoms with van der Waals surface area (Å²) in [7, 11) is 1.44. The summed E-state index contributed by atoms with van der Waals surface area (Å²) in [5.41, 5.74) is 2.88. The lowest BCUT2D eigenvalue weighted by molar-refractivity contribution is 0.150. The maximum Gasteiger partial charge on any atom is 0.410 e. The fraction of sp³-hybridized carbons (Fsp3) is 0.700. The van der Waals surface area contributed by atoms with Crippen LogP contribution >= 0.6 is 0 Å². The lowest BCUT2D eigenvalue weighted by Crippen LogP contribution is -2.13. The Morgan fingerprint density at radius 3 is 2.15 bits per heavy atom. The summed E-state index contributed by atoms with van der Waals surface area (Å²) in [5, 5.41) is 0. The Bertz CT molecular complexity index is 263. The Morgan fingerprint density at radius 2 is 1.77 bits per heavy atom. The summed E-state index contributed by atoms with van der Waals surface area (Å²) in [5.74, 6) is 0. The number of hydrogen-bond acceptors (Lipinski definition) is 2. The third-order valence-corrected chi connectivity index (χ3v) is 3.21. The van der Waals surface area contributed by atoms with Crippen molar-refractivity contribution in [3.63, 3.8) is 0 Å². The Morgan fingerprint density at radius 1 is 1.31 bits per heavy atom. The largest absolute Gasteiger partial charge is 0.453 e. The van der Waals surface area contributed by atoms with Crippen LogP contribution in [0.4, 0.5) is 4.79 Å². The molecule has 1 heterocycles. The Labute approximate surface area is 78.4 Å². The van der Waals surface area contributed by atoms with Crippen LogP contribution in [0.5, 0.6) is 0 Å². The molecule has 0 N–H and O–H groups in total. The van der Waals surface area contributed by atoms with E-state index in [-0.39, 0.29) is 6.09 Å². The minimum Gasteiger partial charge on any atom is -0.453 e. The SMILES string of the molecule is COC(=O)N1[C@H]2CC(C)=C(C)C[C@@H]21. The molecule has 3 nitrogen and oxygen atoms in total. The second-order valence-corrected chi connectivity index (χ2v) is 3.98. The number of fused-ring (bicyclic) bond motifs is 1. The Hall–Kier alpha value is -0.990. The van der Waals surface area contributed by atoms with Gasteiger partial charge in [0.1, 0.15) is 0 Å². The quantitative estimate of drug-likeness (QED) is 0.422. The molecule has 1 saturated heterocycles. The normalized spacial score (nSPS) is 31.5. The van der Waals surface area contributed by atoms with E-state index in [1.807, 2.05) is 4.90 Å². The summed E-state index contributed by atoms with van der Waals surface area (Å²) in [6.45, 7) is 4.30. The van der Waals surface area contributed by atoms with Gasteiger partial charge in [-0.05, 0) is 26.7 Å². The molecule has 3 heteroatoms. The first-order valence-electron chi connectivity index (χ1n) is 4.66. The van der Waals surface area contributed by atoms with Crippen LogP contribution in [0, 0.1) is 0 Å². The van der Waals surface area contributed by atoms with Gasteiger partial charge >= 0.3 is 6.09 Å². The number of hydrogen-bond donors (Lipinski definition) is 0. The Kier molecular flexibility index (Phi) is 1.82. The van der Waals surface area contributed by atoms with E-state index in [1.165, 1.54) is 18.3 Å². The maximum atomic E-state index is 11.2. The van der Waals surface area contributed by atoms with Crippen molar-refractivity contribution in [2.45, 2.75) is 38.8 Å². The zero-order valence-corrected chi connectivity index (χ0v) is 8.33. The Balaban J connectivity index is 2.04. The van der Waals surface area contributed by atoms with Gasteiger partial charge in [0.05, 0.1) is 19.2 Å². The van der Waals surface area contributed by atoms with Gasteiger partial charge in [-0.25, -0.2) is 4.79 Å². The number of carbonyl (C=O) groups excluding carboxylic acids is 1. The average molecular weight is 181 g/mol. The molecule has 0 unspecified atom stereocenters. The van der Waals surface area contributed by atoms with Crippen LogP contribution in [0.2, 0.25) is 0 Å². The minimum absolute atomic E-state index is 0.169. The molecule has 0 bridgehead atoms. The molecule has 72 valence electrons. The minimum atomic E-state index is -0.169. The second-order valence-electron chi connectivity index (χ2n) is 3.98. The van der Waals surface area contributed by atoms with Crippen LogP contribution in [-0.2, 0) is 4.74 Å². The molecule has 1 aliphatic heterocycles. The molecule has 0 radical (unpaired) electrons. The van der Waals surface area contributed by atoms with Crippen molar-refractivity contribution in [3.05, 3.63) is 11.1 Å². The van der Waals surface area contributed by atoms with Crippen molar-refractivity contribution in [2.24, 2.45) is 0 Å². The van der Waals surface area contributed by atoms with Gasteiger partial charge in [-0.2, -0.15) is 0 Å². The van der Waals surface area contributed by atoms with Crippen LogP contribution in [-0.4, -0.2) is 30.2 Å². The smallest absolute Gasteiger partial charge is 0.410 e. The zero-order chi connectivity index (χ0) is 9.59. The lowest BCUT2D eigenvalue weighted by atomic mass is 9.94. The van der Waals surface area contributed by atoms with Gasteiger partial charge < -0.3 is 4.74 Å². The highest BCUT2D eigenvalue weighted by Gasteiger charge is 2.53. The van der Waals surface area contributed by atoms with Gasteiger partial charge in [-0.15, -0.1) is 0 Å². The zero-order valence-electron chi connectivity index (χ0n) is 8.33. The number of carbonyl (C=O) groups is 1. The molecule has 0 aromatic rings. The van der Waals surface area contributed by atoms with E-state index in [4.69, 9.17) is 4.74 Å². The predicted octanol–water partition coefficient (Wildman–Crippen LogP) is 1.94. The summed E-state index contributed by atoms with van der Waals surface area (Å²) < 4.78 is 4.71. The van der Waals surface area contributed by atoms with Gasteiger partial charge in [0.2, 0.25) is 0 Å². The van der Waals surface area contributed by atoms with E-state index < -0.39 is 0 Å². The molecule has 13 heavy (non-hydrogen) atoms. The first-order valence-corrected chi connectivity index (χ1v) is 4.66. The molecule has 2 atom stereocenters. The van der Waals surface area contributed by atoms with E-state index in [9.17, 15) is 4.79 Å². The molecule has 0 aromatic carbocycles. The van der Waals surface area contributed by atoms with Crippen molar-refractivity contribution in [1.82, 2.24) is 4.90 Å². The van der Waals surface area contributed by atoms with E-state index in [0.29, 0.717) is 12.1 Å². The van der Waals surface area contributed by atoms with Crippen LogP contribution in [0.25, 0.3) is 0 Å². The van der Waals surface area contributed by atoms with Crippen molar-refractivity contribution in [1.29, 1.82) is 0 Å². The second kappa shape index (κ2) is 2.76.